The fourth-order valence-corrected chi connectivity index (χ4v) is 3.60. The molecule has 3 heteroatoms. The van der Waals surface area contributed by atoms with Crippen LogP contribution in [0.5, 0.6) is 0 Å². The molecule has 1 saturated heterocycles. The Morgan fingerprint density at radius 1 is 1.26 bits per heavy atom. The second-order valence-electron chi connectivity index (χ2n) is 6.67. The SMILES string of the molecule is CCCNC(CO)(CN1CCCC(CC)C1)C1CC1. The number of aliphatic hydroxyl groups excluding tert-OH is 1. The summed E-state index contributed by atoms with van der Waals surface area (Å²) in [6.07, 6.45) is 7.76. The van der Waals surface area contributed by atoms with Gasteiger partial charge in [0.2, 0.25) is 0 Å². The van der Waals surface area contributed by atoms with Gasteiger partial charge in [-0.1, -0.05) is 20.3 Å². The van der Waals surface area contributed by atoms with Crippen LogP contribution in [0, 0.1) is 11.8 Å². The fraction of sp³-hybridized carbons (Fsp3) is 1.00. The van der Waals surface area contributed by atoms with Gasteiger partial charge >= 0.3 is 0 Å². The number of nitrogens with zero attached hydrogens (tertiary/aromatic N) is 1. The zero-order valence-electron chi connectivity index (χ0n) is 12.8. The largest absolute Gasteiger partial charge is 0.394 e. The molecule has 2 fully saturated rings. The molecule has 2 rings (SSSR count). The highest BCUT2D eigenvalue weighted by molar-refractivity contribution is 5.03. The van der Waals surface area contributed by atoms with E-state index in [-0.39, 0.29) is 5.54 Å². The maximum atomic E-state index is 9.98. The van der Waals surface area contributed by atoms with E-state index in [1.165, 1.54) is 45.2 Å². The Morgan fingerprint density at radius 3 is 2.63 bits per heavy atom. The first-order valence-corrected chi connectivity index (χ1v) is 8.32. The third-order valence-electron chi connectivity index (χ3n) is 5.05. The number of hydrogen-bond acceptors (Lipinski definition) is 3. The molecule has 2 N–H and O–H groups in total. The van der Waals surface area contributed by atoms with E-state index in [0.717, 1.165) is 25.4 Å². The van der Waals surface area contributed by atoms with Crippen molar-refractivity contribution in [1.29, 1.82) is 0 Å². The molecule has 0 aromatic heterocycles. The van der Waals surface area contributed by atoms with Crippen LogP contribution in [-0.4, -0.2) is 48.3 Å². The van der Waals surface area contributed by atoms with Crippen molar-refractivity contribution in [2.45, 2.75) is 57.9 Å². The smallest absolute Gasteiger partial charge is 0.0628 e. The fourth-order valence-electron chi connectivity index (χ4n) is 3.60. The number of nitrogens with one attached hydrogen (secondary N) is 1. The van der Waals surface area contributed by atoms with Crippen LogP contribution in [0.1, 0.15) is 52.4 Å². The Hall–Kier alpha value is -0.120. The maximum absolute atomic E-state index is 9.98. The predicted molar refractivity (Wildman–Crippen MR) is 80.3 cm³/mol. The molecule has 1 saturated carbocycles. The summed E-state index contributed by atoms with van der Waals surface area (Å²) in [4.78, 5) is 2.61. The van der Waals surface area contributed by atoms with Crippen LogP contribution >= 0.6 is 0 Å². The molecule has 0 aromatic carbocycles. The number of hydrogen-bond donors (Lipinski definition) is 2. The molecule has 19 heavy (non-hydrogen) atoms. The lowest BCUT2D eigenvalue weighted by Crippen LogP contribution is -2.59. The first kappa shape index (κ1) is 15.3. The standard InChI is InChI=1S/C16H32N2O/c1-3-9-17-16(13-19,15-7-8-15)12-18-10-5-6-14(4-2)11-18/h14-15,17,19H,3-13H2,1-2H3. The number of aliphatic hydroxyl groups is 1. The summed E-state index contributed by atoms with van der Waals surface area (Å²) in [7, 11) is 0. The van der Waals surface area contributed by atoms with Crippen LogP contribution in [0.2, 0.25) is 0 Å². The predicted octanol–water partition coefficient (Wildman–Crippen LogP) is 2.25. The molecule has 0 aromatic rings. The Bertz CT molecular complexity index is 267. The van der Waals surface area contributed by atoms with E-state index in [9.17, 15) is 5.11 Å². The van der Waals surface area contributed by atoms with Gasteiger partial charge in [-0.05, 0) is 57.0 Å². The molecular formula is C16H32N2O. The quantitative estimate of drug-likeness (QED) is 0.709. The van der Waals surface area contributed by atoms with Gasteiger partial charge in [-0.15, -0.1) is 0 Å². The lowest BCUT2D eigenvalue weighted by atomic mass is 9.89. The van der Waals surface area contributed by atoms with Crippen LogP contribution in [0.3, 0.4) is 0 Å². The van der Waals surface area contributed by atoms with Crippen molar-refractivity contribution in [1.82, 2.24) is 10.2 Å². The highest BCUT2D eigenvalue weighted by atomic mass is 16.3. The second kappa shape index (κ2) is 7.05. The molecule has 0 spiro atoms. The van der Waals surface area contributed by atoms with Crippen molar-refractivity contribution < 1.29 is 5.11 Å². The highest BCUT2D eigenvalue weighted by Gasteiger charge is 2.45. The molecule has 2 aliphatic rings. The summed E-state index contributed by atoms with van der Waals surface area (Å²) in [6.45, 7) is 9.34. The van der Waals surface area contributed by atoms with E-state index in [0.29, 0.717) is 12.5 Å². The normalized spacial score (nSPS) is 28.3. The third-order valence-corrected chi connectivity index (χ3v) is 5.05. The van der Waals surface area contributed by atoms with Gasteiger partial charge in [0.25, 0.3) is 0 Å². The van der Waals surface area contributed by atoms with Crippen molar-refractivity contribution >= 4 is 0 Å². The topological polar surface area (TPSA) is 35.5 Å². The van der Waals surface area contributed by atoms with Gasteiger partial charge in [0.05, 0.1) is 12.1 Å². The van der Waals surface area contributed by atoms with Crippen LogP contribution in [-0.2, 0) is 0 Å². The molecule has 2 unspecified atom stereocenters. The van der Waals surface area contributed by atoms with E-state index in [2.05, 4.69) is 24.1 Å². The first-order chi connectivity index (χ1) is 9.24. The summed E-state index contributed by atoms with van der Waals surface area (Å²) in [5.41, 5.74) is -0.0222. The lowest BCUT2D eigenvalue weighted by Gasteiger charge is -2.41. The summed E-state index contributed by atoms with van der Waals surface area (Å²) in [6, 6.07) is 0. The minimum Gasteiger partial charge on any atom is -0.394 e. The minimum atomic E-state index is -0.0222. The van der Waals surface area contributed by atoms with Crippen LogP contribution in [0.25, 0.3) is 0 Å². The Labute approximate surface area is 118 Å². The van der Waals surface area contributed by atoms with E-state index in [1.807, 2.05) is 0 Å². The molecule has 0 amide bonds. The third kappa shape index (κ3) is 3.93. The number of rotatable bonds is 8. The average molecular weight is 268 g/mol. The van der Waals surface area contributed by atoms with E-state index in [1.54, 1.807) is 0 Å². The maximum Gasteiger partial charge on any atom is 0.0628 e. The van der Waals surface area contributed by atoms with Gasteiger partial charge in [-0.3, -0.25) is 0 Å². The highest BCUT2D eigenvalue weighted by Crippen LogP contribution is 2.40. The van der Waals surface area contributed by atoms with E-state index < -0.39 is 0 Å². The summed E-state index contributed by atoms with van der Waals surface area (Å²) in [5.74, 6) is 1.57. The van der Waals surface area contributed by atoms with Crippen LogP contribution < -0.4 is 5.32 Å². The Kier molecular flexibility index (Phi) is 5.67. The van der Waals surface area contributed by atoms with E-state index >= 15 is 0 Å². The Balaban J connectivity index is 1.94. The van der Waals surface area contributed by atoms with Crippen molar-refractivity contribution in [3.05, 3.63) is 0 Å². The molecule has 0 radical (unpaired) electrons. The molecule has 3 nitrogen and oxygen atoms in total. The molecule has 0 bridgehead atoms. The van der Waals surface area contributed by atoms with Crippen LogP contribution in [0.4, 0.5) is 0 Å². The monoisotopic (exact) mass is 268 g/mol. The van der Waals surface area contributed by atoms with E-state index in [4.69, 9.17) is 0 Å². The van der Waals surface area contributed by atoms with Crippen molar-refractivity contribution in [2.75, 3.05) is 32.8 Å². The Morgan fingerprint density at radius 2 is 2.05 bits per heavy atom. The number of likely N-dealkylation sites (tertiary alicyclic amines) is 1. The molecule has 2 atom stereocenters. The molecule has 1 aliphatic heterocycles. The molecule has 1 heterocycles. The van der Waals surface area contributed by atoms with Gasteiger partial charge in [-0.25, -0.2) is 0 Å². The van der Waals surface area contributed by atoms with Gasteiger partial charge < -0.3 is 15.3 Å². The minimum absolute atomic E-state index is 0.0222. The van der Waals surface area contributed by atoms with Crippen molar-refractivity contribution in [3.8, 4) is 0 Å². The van der Waals surface area contributed by atoms with Crippen molar-refractivity contribution in [3.63, 3.8) is 0 Å². The average Bonchev–Trinajstić information content (AvgIpc) is 3.28. The second-order valence-corrected chi connectivity index (χ2v) is 6.67. The van der Waals surface area contributed by atoms with Gasteiger partial charge in [0.15, 0.2) is 0 Å². The molecular weight excluding hydrogens is 236 g/mol. The van der Waals surface area contributed by atoms with Gasteiger partial charge in [0.1, 0.15) is 0 Å². The summed E-state index contributed by atoms with van der Waals surface area (Å²) >= 11 is 0. The molecule has 1 aliphatic carbocycles. The van der Waals surface area contributed by atoms with Gasteiger partial charge in [0, 0.05) is 13.1 Å². The summed E-state index contributed by atoms with van der Waals surface area (Å²) < 4.78 is 0. The number of piperidine rings is 1. The van der Waals surface area contributed by atoms with Gasteiger partial charge in [-0.2, -0.15) is 0 Å². The zero-order valence-corrected chi connectivity index (χ0v) is 12.8. The first-order valence-electron chi connectivity index (χ1n) is 8.32. The summed E-state index contributed by atoms with van der Waals surface area (Å²) in [5, 5.41) is 13.7. The lowest BCUT2D eigenvalue weighted by molar-refractivity contribution is 0.0680. The zero-order chi connectivity index (χ0) is 13.7. The molecule has 112 valence electrons. The van der Waals surface area contributed by atoms with Crippen molar-refractivity contribution in [2.24, 2.45) is 11.8 Å². The van der Waals surface area contributed by atoms with Crippen LogP contribution in [0.15, 0.2) is 0 Å².